The van der Waals surface area contributed by atoms with E-state index in [0.717, 1.165) is 202 Å². The Balaban J connectivity index is 0.000000119. The molecule has 26 aromatic rings. The zero-order valence-corrected chi connectivity index (χ0v) is 80.7. The number of hydrogen-bond donors (Lipinski definition) is 0. The van der Waals surface area contributed by atoms with Crippen molar-refractivity contribution in [2.24, 2.45) is 0 Å². The summed E-state index contributed by atoms with van der Waals surface area (Å²) in [5.41, 5.74) is 38.4. The minimum atomic E-state index is 0.656. The number of aromatic nitrogens is 9. The van der Waals surface area contributed by atoms with Gasteiger partial charge in [-0.15, -0.1) is 0 Å². The summed E-state index contributed by atoms with van der Waals surface area (Å²) in [6.07, 6.45) is 9.30. The Morgan fingerprint density at radius 3 is 0.770 bits per heavy atom. The second-order valence-electron chi connectivity index (χ2n) is 36.7. The van der Waals surface area contributed by atoms with Crippen LogP contribution in [0.3, 0.4) is 0 Å². The molecule has 148 heavy (non-hydrogen) atoms. The molecule has 0 N–H and O–H groups in total. The molecule has 26 rings (SSSR count). The summed E-state index contributed by atoms with van der Waals surface area (Å²) in [4.78, 5) is 44.5. The Kier molecular flexibility index (Phi) is 25.6. The maximum absolute atomic E-state index is 5.32. The summed E-state index contributed by atoms with van der Waals surface area (Å²) in [6.45, 7) is 0. The van der Waals surface area contributed by atoms with E-state index in [1.807, 2.05) is 116 Å². The fourth-order valence-electron chi connectivity index (χ4n) is 19.8. The van der Waals surface area contributed by atoms with Gasteiger partial charge in [-0.1, -0.05) is 382 Å². The normalized spacial score (nSPS) is 11.1. The quantitative estimate of drug-likeness (QED) is 0.0730. The van der Waals surface area contributed by atoms with Gasteiger partial charge in [0.2, 0.25) is 0 Å². The molecule has 0 saturated heterocycles. The van der Waals surface area contributed by atoms with Crippen LogP contribution in [-0.4, -0.2) is 44.9 Å². The number of rotatable bonds is 19. The lowest BCUT2D eigenvalue weighted by Crippen LogP contribution is -1.97. The number of pyridine rings is 7. The molecule has 0 saturated carbocycles. The molecule has 694 valence electrons. The lowest BCUT2D eigenvalue weighted by molar-refractivity contribution is 1.18. The first kappa shape index (κ1) is 90.7. The molecule has 0 aliphatic heterocycles. The molecule has 8 aromatic heterocycles. The third-order valence-corrected chi connectivity index (χ3v) is 27.2. The second-order valence-corrected chi connectivity index (χ2v) is 36.7. The van der Waals surface area contributed by atoms with Crippen molar-refractivity contribution in [1.82, 2.24) is 44.9 Å². The van der Waals surface area contributed by atoms with E-state index in [1.54, 1.807) is 0 Å². The van der Waals surface area contributed by atoms with Crippen molar-refractivity contribution in [3.05, 3.63) is 565 Å². The molecule has 8 heterocycles. The molecule has 0 unspecified atom stereocenters. The van der Waals surface area contributed by atoms with Gasteiger partial charge in [0, 0.05) is 97.7 Å². The smallest absolute Gasteiger partial charge is 0.160 e. The first-order valence-electron chi connectivity index (χ1n) is 49.8. The van der Waals surface area contributed by atoms with Crippen molar-refractivity contribution in [2.45, 2.75) is 0 Å². The molecule has 0 fully saturated rings. The van der Waals surface area contributed by atoms with Gasteiger partial charge in [0.25, 0.3) is 0 Å². The van der Waals surface area contributed by atoms with Crippen molar-refractivity contribution < 1.29 is 0 Å². The molecule has 9 nitrogen and oxygen atoms in total. The highest BCUT2D eigenvalue weighted by Crippen LogP contribution is 2.45. The summed E-state index contributed by atoms with van der Waals surface area (Å²) < 4.78 is 0. The average molecular weight is 1890 g/mol. The van der Waals surface area contributed by atoms with E-state index in [4.69, 9.17) is 34.9 Å². The largest absolute Gasteiger partial charge is 0.256 e. The molecule has 18 aromatic carbocycles. The molecule has 0 aliphatic rings. The molecule has 0 aliphatic carbocycles. The van der Waals surface area contributed by atoms with E-state index in [2.05, 4.69) is 459 Å². The van der Waals surface area contributed by atoms with Gasteiger partial charge < -0.3 is 0 Å². The maximum Gasteiger partial charge on any atom is 0.160 e. The van der Waals surface area contributed by atoms with Gasteiger partial charge in [-0.2, -0.15) is 0 Å². The SMILES string of the molecule is c1ccc(-c2cc(-c3cc(-c4ccccn4)cc(-c4cc5ccccc5c5ccccc45)c3)cc(-c3ccccc3)n2)cc1.c1ccc(-c2ccc(-c3cc(-c4ccc(-c5ccccn5)cc4)nc(-c4cc(-c5cccc6ccccc56)cc(-c5cccc6ccccc56)c4)n3)cc2)nc1.c1ccc(-c2ccnc(-c3cc(-c4cc(-c5ccccc5)nc(-c5ccccc5)c4)cc(-c4cc(-c5ccccc5)ccn4)c3)c2)cc1. The maximum atomic E-state index is 5.32. The van der Waals surface area contributed by atoms with Crippen LogP contribution in [0.2, 0.25) is 0 Å². The molecule has 0 bridgehead atoms. The fourth-order valence-corrected chi connectivity index (χ4v) is 19.8. The van der Waals surface area contributed by atoms with E-state index in [9.17, 15) is 0 Å². The third kappa shape index (κ3) is 19.8. The number of nitrogens with zero attached hydrogens (tertiary/aromatic N) is 9. The van der Waals surface area contributed by atoms with Gasteiger partial charge in [-0.3, -0.25) is 24.9 Å². The summed E-state index contributed by atoms with van der Waals surface area (Å²) in [6, 6.07) is 187. The minimum absolute atomic E-state index is 0.656. The average Bonchev–Trinajstić information content (AvgIpc) is 0.760. The molecule has 0 spiro atoms. The Morgan fingerprint density at radius 1 is 0.101 bits per heavy atom. The number of benzene rings is 18. The molecule has 0 atom stereocenters. The van der Waals surface area contributed by atoms with Gasteiger partial charge in [-0.05, 0) is 273 Å². The lowest BCUT2D eigenvalue weighted by Gasteiger charge is -2.15. The van der Waals surface area contributed by atoms with Crippen LogP contribution in [0, 0.1) is 0 Å². The molecule has 0 amide bonds. The Morgan fingerprint density at radius 2 is 0.365 bits per heavy atom. The van der Waals surface area contributed by atoms with Crippen LogP contribution in [0.1, 0.15) is 0 Å². The van der Waals surface area contributed by atoms with Crippen LogP contribution in [-0.2, 0) is 0 Å². The number of fused-ring (bicyclic) bond motifs is 5. The zero-order valence-electron chi connectivity index (χ0n) is 80.7. The Labute approximate surface area is 859 Å². The summed E-state index contributed by atoms with van der Waals surface area (Å²) in [5, 5.41) is 9.79. The van der Waals surface area contributed by atoms with Crippen molar-refractivity contribution in [1.29, 1.82) is 0 Å². The van der Waals surface area contributed by atoms with Crippen molar-refractivity contribution in [3.8, 4) is 213 Å². The van der Waals surface area contributed by atoms with Crippen LogP contribution in [0.5, 0.6) is 0 Å². The highest BCUT2D eigenvalue weighted by molar-refractivity contribution is 6.14. The van der Waals surface area contributed by atoms with Crippen molar-refractivity contribution >= 4 is 43.1 Å². The zero-order chi connectivity index (χ0) is 98.7. The first-order valence-corrected chi connectivity index (χ1v) is 49.8. The van der Waals surface area contributed by atoms with E-state index >= 15 is 0 Å². The standard InChI is InChI=1S/C52H34N4.C45H31N3.C42H28N2/c1-3-15-44-35(11-1)13-9-17-46(44)41-31-42(47-18-10-14-36-12-2-4-16-45(36)47)33-43(32-41)52-55-50(39-25-21-37(22-26-39)48-19-5-7-29-53-48)34-51(56-52)40-27-23-38(24-28-40)49-20-6-8-30-54-49;1-5-13-32(14-6-1)36-21-23-46-42(28-36)40-25-38(26-41(27-40)43-29-37(22-24-47-43)33-15-7-2-8-16-33)39-30-44(34-17-9-3-10-18-34)48-45(31-39)35-19-11-4-12-20-35;1-3-13-29(14-4-1)41-27-33(28-42(44-41)30-15-5-2-6-16-30)32-23-34(25-35(24-32)40-21-11-12-22-43-40)39-26-31-17-7-8-18-36(31)37-19-9-10-20-38(37)39/h1-34H;1-31H;1-28H. The molecular weight excluding hydrogens is 1800 g/mol. The monoisotopic (exact) mass is 1890 g/mol. The van der Waals surface area contributed by atoms with Crippen LogP contribution in [0.25, 0.3) is 256 Å². The second kappa shape index (κ2) is 41.7. The summed E-state index contributed by atoms with van der Waals surface area (Å²) in [7, 11) is 0. The minimum Gasteiger partial charge on any atom is -0.256 e. The third-order valence-electron chi connectivity index (χ3n) is 27.2. The van der Waals surface area contributed by atoms with Crippen molar-refractivity contribution in [3.63, 3.8) is 0 Å². The molecule has 9 heteroatoms. The van der Waals surface area contributed by atoms with E-state index in [-0.39, 0.29) is 0 Å². The van der Waals surface area contributed by atoms with Gasteiger partial charge in [0.15, 0.2) is 5.82 Å². The van der Waals surface area contributed by atoms with Crippen LogP contribution in [0.4, 0.5) is 0 Å². The highest BCUT2D eigenvalue weighted by atomic mass is 14.9. The molecular formula is C139H93N9. The van der Waals surface area contributed by atoms with Crippen molar-refractivity contribution in [2.75, 3.05) is 0 Å². The van der Waals surface area contributed by atoms with Crippen LogP contribution in [0.15, 0.2) is 565 Å². The van der Waals surface area contributed by atoms with Gasteiger partial charge in [0.05, 0.1) is 62.6 Å². The Bertz CT molecular complexity index is 8850. The first-order chi connectivity index (χ1) is 73.3. The van der Waals surface area contributed by atoms with Crippen LogP contribution >= 0.6 is 0 Å². The topological polar surface area (TPSA) is 116 Å². The summed E-state index contributed by atoms with van der Waals surface area (Å²) >= 11 is 0. The van der Waals surface area contributed by atoms with E-state index < -0.39 is 0 Å². The van der Waals surface area contributed by atoms with E-state index in [1.165, 1.54) is 48.7 Å². The van der Waals surface area contributed by atoms with Gasteiger partial charge >= 0.3 is 0 Å². The fraction of sp³-hybridized carbons (Fsp3) is 0. The highest BCUT2D eigenvalue weighted by Gasteiger charge is 2.22. The predicted molar refractivity (Wildman–Crippen MR) is 613 cm³/mol. The predicted octanol–water partition coefficient (Wildman–Crippen LogP) is 35.9. The van der Waals surface area contributed by atoms with Crippen LogP contribution < -0.4 is 0 Å². The summed E-state index contributed by atoms with van der Waals surface area (Å²) in [5.74, 6) is 0.656. The van der Waals surface area contributed by atoms with Gasteiger partial charge in [-0.25, -0.2) is 19.9 Å². The number of hydrogen-bond acceptors (Lipinski definition) is 9. The Hall–Kier alpha value is -19.9. The van der Waals surface area contributed by atoms with Gasteiger partial charge in [0.1, 0.15) is 0 Å². The lowest BCUT2D eigenvalue weighted by atomic mass is 9.89. The van der Waals surface area contributed by atoms with E-state index in [0.29, 0.717) is 5.82 Å². The molecule has 0 radical (unpaired) electrons.